The number of hydrazine groups is 1. The van der Waals surface area contributed by atoms with Crippen LogP contribution in [0.1, 0.15) is 26.6 Å². The van der Waals surface area contributed by atoms with Gasteiger partial charge in [-0.2, -0.15) is 4.98 Å². The van der Waals surface area contributed by atoms with Crippen molar-refractivity contribution in [1.29, 1.82) is 0 Å². The van der Waals surface area contributed by atoms with E-state index in [1.54, 1.807) is 17.8 Å². The van der Waals surface area contributed by atoms with Gasteiger partial charge in [0.05, 0.1) is 0 Å². The molecule has 0 aliphatic heterocycles. The molecule has 5 nitrogen and oxygen atoms in total. The lowest BCUT2D eigenvalue weighted by Crippen LogP contribution is -2.19. The summed E-state index contributed by atoms with van der Waals surface area (Å²) >= 11 is 1.63. The van der Waals surface area contributed by atoms with Crippen molar-refractivity contribution in [2.75, 3.05) is 11.7 Å². The van der Waals surface area contributed by atoms with E-state index in [1.165, 1.54) is 0 Å². The maximum atomic E-state index is 5.91. The van der Waals surface area contributed by atoms with E-state index in [-0.39, 0.29) is 5.41 Å². The molecule has 0 atom stereocenters. The number of aromatic nitrogens is 2. The van der Waals surface area contributed by atoms with Gasteiger partial charge >= 0.3 is 0 Å². The molecule has 3 N–H and O–H groups in total. The van der Waals surface area contributed by atoms with E-state index in [0.717, 1.165) is 10.6 Å². The second-order valence-electron chi connectivity index (χ2n) is 5.56. The second-order valence-corrected chi connectivity index (χ2v) is 6.41. The number of rotatable bonds is 4. The number of para-hydroxylation sites is 1. The van der Waals surface area contributed by atoms with Crippen molar-refractivity contribution in [3.05, 3.63) is 36.2 Å². The van der Waals surface area contributed by atoms with Gasteiger partial charge in [-0.3, -0.25) is 0 Å². The van der Waals surface area contributed by atoms with E-state index in [9.17, 15) is 0 Å². The third kappa shape index (κ3) is 3.86. The largest absolute Gasteiger partial charge is 0.438 e. The third-order valence-corrected chi connectivity index (χ3v) is 3.58. The normalized spacial score (nSPS) is 11.3. The molecule has 0 aliphatic carbocycles. The fourth-order valence-corrected chi connectivity index (χ4v) is 2.23. The van der Waals surface area contributed by atoms with Crippen LogP contribution in [-0.4, -0.2) is 16.2 Å². The predicted molar refractivity (Wildman–Crippen MR) is 86.8 cm³/mol. The first-order valence-corrected chi connectivity index (χ1v) is 7.83. The lowest BCUT2D eigenvalue weighted by atomic mass is 9.96. The quantitative estimate of drug-likeness (QED) is 0.511. The fourth-order valence-electron chi connectivity index (χ4n) is 1.70. The number of hydrogen-bond acceptors (Lipinski definition) is 6. The molecule has 0 bridgehead atoms. The fraction of sp³-hybridized carbons (Fsp3) is 0.333. The van der Waals surface area contributed by atoms with Crippen LogP contribution in [0.5, 0.6) is 11.6 Å². The van der Waals surface area contributed by atoms with Gasteiger partial charge in [0, 0.05) is 16.4 Å². The van der Waals surface area contributed by atoms with Gasteiger partial charge in [-0.15, -0.1) is 11.8 Å². The Bertz CT molecular complexity index is 625. The summed E-state index contributed by atoms with van der Waals surface area (Å²) in [5, 5.41) is 0. The molecule has 0 aliphatic rings. The van der Waals surface area contributed by atoms with Crippen molar-refractivity contribution in [2.24, 2.45) is 5.84 Å². The minimum atomic E-state index is -0.190. The van der Waals surface area contributed by atoms with Gasteiger partial charge in [0.1, 0.15) is 17.4 Å². The van der Waals surface area contributed by atoms with Crippen LogP contribution in [0, 0.1) is 0 Å². The molecule has 112 valence electrons. The standard InChI is InChI=1S/C15H20N4OS/c1-15(2,3)14-17-12(19-16)9-13(18-14)20-10-7-5-6-8-11(10)21-4/h5-9H,16H2,1-4H3,(H,17,18,19). The Morgan fingerprint density at radius 1 is 1.19 bits per heavy atom. The Labute approximate surface area is 129 Å². The van der Waals surface area contributed by atoms with Gasteiger partial charge in [0.15, 0.2) is 0 Å². The van der Waals surface area contributed by atoms with E-state index in [1.807, 2.05) is 51.3 Å². The zero-order valence-corrected chi connectivity index (χ0v) is 13.5. The molecule has 0 fully saturated rings. The zero-order chi connectivity index (χ0) is 15.5. The lowest BCUT2D eigenvalue weighted by Gasteiger charge is -2.18. The van der Waals surface area contributed by atoms with Crippen LogP contribution in [0.4, 0.5) is 5.82 Å². The SMILES string of the molecule is CSc1ccccc1Oc1cc(NN)nc(C(C)(C)C)n1. The summed E-state index contributed by atoms with van der Waals surface area (Å²) in [5.74, 6) is 7.94. The molecule has 1 aromatic heterocycles. The number of hydrogen-bond donors (Lipinski definition) is 2. The van der Waals surface area contributed by atoms with Crippen LogP contribution in [0.25, 0.3) is 0 Å². The molecule has 0 spiro atoms. The van der Waals surface area contributed by atoms with E-state index >= 15 is 0 Å². The van der Waals surface area contributed by atoms with Gasteiger partial charge in [-0.05, 0) is 18.4 Å². The monoisotopic (exact) mass is 304 g/mol. The molecule has 1 aromatic carbocycles. The molecule has 0 saturated heterocycles. The molecule has 2 aromatic rings. The van der Waals surface area contributed by atoms with E-state index in [2.05, 4.69) is 15.4 Å². The molecule has 6 heteroatoms. The van der Waals surface area contributed by atoms with E-state index in [4.69, 9.17) is 10.6 Å². The maximum Gasteiger partial charge on any atom is 0.224 e. The van der Waals surface area contributed by atoms with E-state index < -0.39 is 0 Å². The molecule has 0 unspecified atom stereocenters. The van der Waals surface area contributed by atoms with Gasteiger partial charge in [0.25, 0.3) is 0 Å². The zero-order valence-electron chi connectivity index (χ0n) is 12.7. The van der Waals surface area contributed by atoms with Crippen molar-refractivity contribution in [3.8, 4) is 11.6 Å². The van der Waals surface area contributed by atoms with Crippen LogP contribution in [0.15, 0.2) is 35.2 Å². The molecule has 0 saturated carbocycles. The van der Waals surface area contributed by atoms with Gasteiger partial charge in [0.2, 0.25) is 5.88 Å². The van der Waals surface area contributed by atoms with Crippen LogP contribution in [0.2, 0.25) is 0 Å². The number of nitrogens with one attached hydrogen (secondary N) is 1. The minimum Gasteiger partial charge on any atom is -0.438 e. The first-order chi connectivity index (χ1) is 9.94. The Morgan fingerprint density at radius 3 is 2.52 bits per heavy atom. The lowest BCUT2D eigenvalue weighted by molar-refractivity contribution is 0.438. The Hall–Kier alpha value is -1.79. The average Bonchev–Trinajstić information content (AvgIpc) is 2.46. The molecule has 2 rings (SSSR count). The summed E-state index contributed by atoms with van der Waals surface area (Å²) in [7, 11) is 0. The summed E-state index contributed by atoms with van der Waals surface area (Å²) in [6.45, 7) is 6.13. The summed E-state index contributed by atoms with van der Waals surface area (Å²) < 4.78 is 5.91. The average molecular weight is 304 g/mol. The highest BCUT2D eigenvalue weighted by atomic mass is 32.2. The number of ether oxygens (including phenoxy) is 1. The highest BCUT2D eigenvalue weighted by Crippen LogP contribution is 2.32. The summed E-state index contributed by atoms with van der Waals surface area (Å²) in [4.78, 5) is 9.91. The molecular formula is C15H20N4OS. The molecule has 1 heterocycles. The van der Waals surface area contributed by atoms with Gasteiger partial charge in [-0.1, -0.05) is 32.9 Å². The number of nitrogens with zero attached hydrogens (tertiary/aromatic N) is 2. The first kappa shape index (κ1) is 15.6. The smallest absolute Gasteiger partial charge is 0.224 e. The summed E-state index contributed by atoms with van der Waals surface area (Å²) in [5.41, 5.74) is 2.37. The molecular weight excluding hydrogens is 284 g/mol. The summed E-state index contributed by atoms with van der Waals surface area (Å²) in [6.07, 6.45) is 2.01. The number of benzene rings is 1. The van der Waals surface area contributed by atoms with Crippen molar-refractivity contribution in [1.82, 2.24) is 9.97 Å². The van der Waals surface area contributed by atoms with Crippen molar-refractivity contribution < 1.29 is 4.74 Å². The van der Waals surface area contributed by atoms with E-state index in [0.29, 0.717) is 17.5 Å². The Kier molecular flexibility index (Phi) is 4.69. The summed E-state index contributed by atoms with van der Waals surface area (Å²) in [6, 6.07) is 9.52. The van der Waals surface area contributed by atoms with Crippen molar-refractivity contribution in [3.63, 3.8) is 0 Å². The van der Waals surface area contributed by atoms with Gasteiger partial charge in [-0.25, -0.2) is 10.8 Å². The molecule has 0 radical (unpaired) electrons. The highest BCUT2D eigenvalue weighted by Gasteiger charge is 2.20. The first-order valence-electron chi connectivity index (χ1n) is 6.61. The van der Waals surface area contributed by atoms with Crippen LogP contribution in [-0.2, 0) is 5.41 Å². The molecule has 0 amide bonds. The number of thioether (sulfide) groups is 1. The Morgan fingerprint density at radius 2 is 1.90 bits per heavy atom. The highest BCUT2D eigenvalue weighted by molar-refractivity contribution is 7.98. The Balaban J connectivity index is 2.39. The third-order valence-electron chi connectivity index (χ3n) is 2.80. The number of anilines is 1. The minimum absolute atomic E-state index is 0.190. The number of nitrogens with two attached hydrogens (primary N) is 1. The second kappa shape index (κ2) is 6.32. The van der Waals surface area contributed by atoms with Gasteiger partial charge < -0.3 is 10.2 Å². The predicted octanol–water partition coefficient (Wildman–Crippen LogP) is 3.57. The number of nitrogen functional groups attached to an aromatic ring is 1. The van der Waals surface area contributed by atoms with Crippen molar-refractivity contribution in [2.45, 2.75) is 31.1 Å². The van der Waals surface area contributed by atoms with Crippen LogP contribution in [0.3, 0.4) is 0 Å². The maximum absolute atomic E-state index is 5.91. The van der Waals surface area contributed by atoms with Crippen LogP contribution < -0.4 is 16.0 Å². The van der Waals surface area contributed by atoms with Crippen molar-refractivity contribution >= 4 is 17.6 Å². The topological polar surface area (TPSA) is 73.1 Å². The van der Waals surface area contributed by atoms with Crippen LogP contribution >= 0.6 is 11.8 Å². The molecule has 21 heavy (non-hydrogen) atoms.